The molecule has 2 N–H and O–H groups in total. The van der Waals surface area contributed by atoms with E-state index in [0.717, 1.165) is 34.6 Å². The van der Waals surface area contributed by atoms with Gasteiger partial charge in [-0.05, 0) is 37.0 Å². The molecule has 0 bridgehead atoms. The number of nitrogen functional groups attached to an aromatic ring is 1. The Morgan fingerprint density at radius 1 is 1.44 bits per heavy atom. The number of anilines is 1. The number of hydrogen-bond acceptors (Lipinski definition) is 2. The van der Waals surface area contributed by atoms with Crippen LogP contribution in [0, 0.1) is 17.2 Å². The Kier molecular flexibility index (Phi) is 1.90. The molecule has 1 aliphatic rings. The maximum Gasteiger partial charge on any atom is 0.101 e. The molecule has 0 unspecified atom stereocenters. The molecule has 0 atom stereocenters. The number of nitrogens with zero attached hydrogens (tertiary/aromatic N) is 2. The van der Waals surface area contributed by atoms with Crippen molar-refractivity contribution >= 4 is 16.6 Å². The van der Waals surface area contributed by atoms with Crippen molar-refractivity contribution in [2.24, 2.45) is 5.92 Å². The first kappa shape index (κ1) is 9.29. The molecule has 1 aliphatic carbocycles. The second-order valence-electron chi connectivity index (χ2n) is 4.53. The second kappa shape index (κ2) is 3.28. The maximum atomic E-state index is 9.07. The van der Waals surface area contributed by atoms with E-state index in [-0.39, 0.29) is 0 Å². The molecule has 0 radical (unpaired) electrons. The smallest absolute Gasteiger partial charge is 0.101 e. The van der Waals surface area contributed by atoms with Gasteiger partial charge in [0.15, 0.2) is 0 Å². The van der Waals surface area contributed by atoms with Gasteiger partial charge in [0.2, 0.25) is 0 Å². The quantitative estimate of drug-likeness (QED) is 0.776. The van der Waals surface area contributed by atoms with Crippen molar-refractivity contribution in [1.29, 1.82) is 5.26 Å². The van der Waals surface area contributed by atoms with E-state index in [4.69, 9.17) is 11.0 Å². The van der Waals surface area contributed by atoms with Crippen molar-refractivity contribution in [2.45, 2.75) is 19.4 Å². The van der Waals surface area contributed by atoms with Crippen LogP contribution in [0.2, 0.25) is 0 Å². The summed E-state index contributed by atoms with van der Waals surface area (Å²) in [6, 6.07) is 7.99. The van der Waals surface area contributed by atoms with Crippen molar-refractivity contribution in [1.82, 2.24) is 4.57 Å². The van der Waals surface area contributed by atoms with E-state index >= 15 is 0 Å². The van der Waals surface area contributed by atoms with E-state index in [1.165, 1.54) is 12.8 Å². The van der Waals surface area contributed by atoms with Gasteiger partial charge in [0, 0.05) is 23.8 Å². The van der Waals surface area contributed by atoms with Crippen LogP contribution in [0.15, 0.2) is 24.4 Å². The molecule has 16 heavy (non-hydrogen) atoms. The van der Waals surface area contributed by atoms with Gasteiger partial charge in [-0.3, -0.25) is 0 Å². The third-order valence-corrected chi connectivity index (χ3v) is 3.18. The molecule has 0 saturated heterocycles. The predicted octanol–water partition coefficient (Wildman–Crippen LogP) is 2.51. The van der Waals surface area contributed by atoms with Gasteiger partial charge in [0.25, 0.3) is 0 Å². The zero-order valence-corrected chi connectivity index (χ0v) is 8.98. The van der Waals surface area contributed by atoms with Gasteiger partial charge in [-0.1, -0.05) is 0 Å². The third kappa shape index (κ3) is 1.43. The van der Waals surface area contributed by atoms with Crippen LogP contribution in [-0.2, 0) is 6.54 Å². The summed E-state index contributed by atoms with van der Waals surface area (Å²) < 4.78 is 2.17. The lowest BCUT2D eigenvalue weighted by molar-refractivity contribution is 0.647. The first-order valence-electron chi connectivity index (χ1n) is 5.56. The van der Waals surface area contributed by atoms with Crippen molar-refractivity contribution in [3.8, 4) is 6.07 Å². The van der Waals surface area contributed by atoms with E-state index < -0.39 is 0 Å². The van der Waals surface area contributed by atoms with Crippen molar-refractivity contribution in [2.75, 3.05) is 5.73 Å². The first-order chi connectivity index (χ1) is 7.78. The van der Waals surface area contributed by atoms with Crippen LogP contribution in [-0.4, -0.2) is 4.57 Å². The molecule has 2 aromatic rings. The summed E-state index contributed by atoms with van der Waals surface area (Å²) in [6.45, 7) is 1.02. The van der Waals surface area contributed by atoms with Crippen molar-refractivity contribution < 1.29 is 0 Å². The number of nitrogens with two attached hydrogens (primary N) is 1. The van der Waals surface area contributed by atoms with Crippen LogP contribution in [0.4, 0.5) is 5.69 Å². The highest BCUT2D eigenvalue weighted by Crippen LogP contribution is 2.33. The van der Waals surface area contributed by atoms with Gasteiger partial charge in [0.1, 0.15) is 6.07 Å². The molecular formula is C13H13N3. The lowest BCUT2D eigenvalue weighted by atomic mass is 10.2. The number of hydrogen-bond donors (Lipinski definition) is 1. The topological polar surface area (TPSA) is 54.7 Å². The Morgan fingerprint density at radius 2 is 2.25 bits per heavy atom. The molecule has 3 heteroatoms. The van der Waals surface area contributed by atoms with Gasteiger partial charge in [-0.15, -0.1) is 0 Å². The SMILES string of the molecule is N#Cc1cn(CC2CC2)c2cc(N)ccc12. The lowest BCUT2D eigenvalue weighted by Gasteiger charge is -2.03. The molecule has 3 nitrogen and oxygen atoms in total. The standard InChI is InChI=1S/C13H13N3/c14-6-10-8-16(7-9-1-2-9)13-5-11(15)3-4-12(10)13/h3-5,8-9H,1-2,7,15H2. The summed E-state index contributed by atoms with van der Waals surface area (Å²) >= 11 is 0. The summed E-state index contributed by atoms with van der Waals surface area (Å²) in [5.74, 6) is 0.795. The van der Waals surface area contributed by atoms with Crippen LogP contribution >= 0.6 is 0 Å². The molecule has 1 aromatic heterocycles. The van der Waals surface area contributed by atoms with Gasteiger partial charge >= 0.3 is 0 Å². The average Bonchev–Trinajstić information content (AvgIpc) is 3.02. The summed E-state index contributed by atoms with van der Waals surface area (Å²) in [5.41, 5.74) is 8.38. The summed E-state index contributed by atoms with van der Waals surface area (Å²) in [6.07, 6.45) is 4.57. The molecular weight excluding hydrogens is 198 g/mol. The number of rotatable bonds is 2. The van der Waals surface area contributed by atoms with E-state index in [1.54, 1.807) is 0 Å². The summed E-state index contributed by atoms with van der Waals surface area (Å²) in [5, 5.41) is 10.1. The molecule has 0 spiro atoms. The Morgan fingerprint density at radius 3 is 2.94 bits per heavy atom. The van der Waals surface area contributed by atoms with Crippen LogP contribution in [0.25, 0.3) is 10.9 Å². The second-order valence-corrected chi connectivity index (χ2v) is 4.53. The van der Waals surface area contributed by atoms with Crippen LogP contribution < -0.4 is 5.73 Å². The number of benzene rings is 1. The Labute approximate surface area is 94.1 Å². The number of aromatic nitrogens is 1. The highest BCUT2D eigenvalue weighted by molar-refractivity contribution is 5.88. The Bertz CT molecular complexity index is 585. The fraction of sp³-hybridized carbons (Fsp3) is 0.308. The Balaban J connectivity index is 2.18. The number of fused-ring (bicyclic) bond motifs is 1. The van der Waals surface area contributed by atoms with Crippen molar-refractivity contribution in [3.63, 3.8) is 0 Å². The minimum absolute atomic E-state index is 0.746. The van der Waals surface area contributed by atoms with E-state index in [0.29, 0.717) is 0 Å². The van der Waals surface area contributed by atoms with Crippen molar-refractivity contribution in [3.05, 3.63) is 30.0 Å². The number of nitriles is 1. The lowest BCUT2D eigenvalue weighted by Crippen LogP contribution is -1.97. The Hall–Kier alpha value is -1.95. The minimum atomic E-state index is 0.746. The monoisotopic (exact) mass is 211 g/mol. The fourth-order valence-electron chi connectivity index (χ4n) is 2.13. The molecule has 1 aromatic carbocycles. The van der Waals surface area contributed by atoms with Crippen LogP contribution in [0.5, 0.6) is 0 Å². The zero-order chi connectivity index (χ0) is 11.1. The highest BCUT2D eigenvalue weighted by atomic mass is 15.0. The normalized spacial score (nSPS) is 15.2. The molecule has 0 amide bonds. The van der Waals surface area contributed by atoms with E-state index in [9.17, 15) is 0 Å². The molecule has 1 heterocycles. The largest absolute Gasteiger partial charge is 0.399 e. The maximum absolute atomic E-state index is 9.07. The predicted molar refractivity (Wildman–Crippen MR) is 63.8 cm³/mol. The van der Waals surface area contributed by atoms with Gasteiger partial charge < -0.3 is 10.3 Å². The molecule has 80 valence electrons. The van der Waals surface area contributed by atoms with E-state index in [2.05, 4.69) is 10.6 Å². The summed E-state index contributed by atoms with van der Waals surface area (Å²) in [7, 11) is 0. The average molecular weight is 211 g/mol. The minimum Gasteiger partial charge on any atom is -0.399 e. The van der Waals surface area contributed by atoms with Crippen LogP contribution in [0.3, 0.4) is 0 Å². The van der Waals surface area contributed by atoms with E-state index in [1.807, 2.05) is 24.4 Å². The zero-order valence-electron chi connectivity index (χ0n) is 8.98. The molecule has 0 aliphatic heterocycles. The van der Waals surface area contributed by atoms with Gasteiger partial charge in [-0.25, -0.2) is 0 Å². The molecule has 1 fully saturated rings. The fourth-order valence-corrected chi connectivity index (χ4v) is 2.13. The summed E-state index contributed by atoms with van der Waals surface area (Å²) in [4.78, 5) is 0. The first-order valence-corrected chi connectivity index (χ1v) is 5.56. The highest BCUT2D eigenvalue weighted by Gasteiger charge is 2.22. The third-order valence-electron chi connectivity index (χ3n) is 3.18. The van der Waals surface area contributed by atoms with Gasteiger partial charge in [-0.2, -0.15) is 5.26 Å². The molecule has 3 rings (SSSR count). The van der Waals surface area contributed by atoms with Crippen LogP contribution in [0.1, 0.15) is 18.4 Å². The molecule has 1 saturated carbocycles. The van der Waals surface area contributed by atoms with Gasteiger partial charge in [0.05, 0.1) is 11.1 Å².